The Hall–Kier alpha value is -1.94. The van der Waals surface area contributed by atoms with Crippen molar-refractivity contribution in [2.24, 2.45) is 5.10 Å². The molecule has 0 bridgehead atoms. The third kappa shape index (κ3) is 2.19. The quantitative estimate of drug-likeness (QED) is 0.664. The van der Waals surface area contributed by atoms with Gasteiger partial charge in [-0.1, -0.05) is 40.2 Å². The summed E-state index contributed by atoms with van der Waals surface area (Å²) in [5.74, 6) is 0. The normalized spacial score (nSPS) is 11.4. The Balaban J connectivity index is 1.94. The van der Waals surface area contributed by atoms with Crippen LogP contribution in [-0.2, 0) is 0 Å². The lowest BCUT2D eigenvalue weighted by molar-refractivity contribution is 0.914. The molecule has 0 radical (unpaired) electrons. The molecule has 3 nitrogen and oxygen atoms in total. The second-order valence-corrected chi connectivity index (χ2v) is 4.79. The van der Waals surface area contributed by atoms with Crippen LogP contribution in [0.4, 0.5) is 0 Å². The Morgan fingerprint density at radius 3 is 2.67 bits per heavy atom. The predicted molar refractivity (Wildman–Crippen MR) is 76.9 cm³/mol. The maximum absolute atomic E-state index is 4.41. The number of aromatic nitrogens is 2. The van der Waals surface area contributed by atoms with E-state index in [4.69, 9.17) is 0 Å². The number of hydrogen-bond acceptors (Lipinski definition) is 2. The van der Waals surface area contributed by atoms with E-state index in [1.54, 1.807) is 11.0 Å². The molecule has 0 unspecified atom stereocenters. The summed E-state index contributed by atoms with van der Waals surface area (Å²) in [6, 6.07) is 15.9. The summed E-state index contributed by atoms with van der Waals surface area (Å²) < 4.78 is 2.84. The minimum Gasteiger partial charge on any atom is -0.235 e. The lowest BCUT2D eigenvalue weighted by Gasteiger charge is -1.96. The first-order chi connectivity index (χ1) is 8.83. The van der Waals surface area contributed by atoms with Gasteiger partial charge in [-0.05, 0) is 29.8 Å². The Morgan fingerprint density at radius 1 is 1.06 bits per heavy atom. The van der Waals surface area contributed by atoms with Crippen LogP contribution in [0.5, 0.6) is 0 Å². The second-order valence-electron chi connectivity index (χ2n) is 3.87. The molecule has 1 heterocycles. The summed E-state index contributed by atoms with van der Waals surface area (Å²) >= 11 is 3.41. The van der Waals surface area contributed by atoms with Gasteiger partial charge in [0.15, 0.2) is 0 Å². The number of fused-ring (bicyclic) bond motifs is 1. The van der Waals surface area contributed by atoms with E-state index in [0.717, 1.165) is 21.1 Å². The third-order valence-electron chi connectivity index (χ3n) is 2.64. The molecule has 0 saturated heterocycles. The molecule has 0 aliphatic heterocycles. The smallest absolute Gasteiger partial charge is 0.118 e. The highest BCUT2D eigenvalue weighted by molar-refractivity contribution is 9.10. The van der Waals surface area contributed by atoms with Gasteiger partial charge in [0.25, 0.3) is 0 Å². The Labute approximate surface area is 113 Å². The lowest BCUT2D eigenvalue weighted by Crippen LogP contribution is -1.88. The minimum absolute atomic E-state index is 0.949. The molecule has 1 aromatic heterocycles. The third-order valence-corrected chi connectivity index (χ3v) is 3.16. The first kappa shape index (κ1) is 11.2. The van der Waals surface area contributed by atoms with Gasteiger partial charge in [-0.15, -0.1) is 0 Å². The molecule has 3 rings (SSSR count). The van der Waals surface area contributed by atoms with Crippen molar-refractivity contribution in [3.05, 3.63) is 64.9 Å². The van der Waals surface area contributed by atoms with Crippen LogP contribution >= 0.6 is 15.9 Å². The first-order valence-corrected chi connectivity index (χ1v) is 6.34. The summed E-state index contributed by atoms with van der Waals surface area (Å²) in [6.07, 6.45) is 3.54. The van der Waals surface area contributed by atoms with Crippen LogP contribution in [0.15, 0.2) is 64.4 Å². The van der Waals surface area contributed by atoms with Crippen LogP contribution in [0, 0.1) is 0 Å². The fraction of sp³-hybridized carbons (Fsp3) is 0. The van der Waals surface area contributed by atoms with E-state index >= 15 is 0 Å². The SMILES string of the molecule is Brc1ccc(C=Nn2cnc3ccccc32)cc1. The molecule has 18 heavy (non-hydrogen) atoms. The minimum atomic E-state index is 0.949. The summed E-state index contributed by atoms with van der Waals surface area (Å²) in [6.45, 7) is 0. The summed E-state index contributed by atoms with van der Waals surface area (Å²) in [7, 11) is 0. The molecule has 4 heteroatoms. The molecule has 3 aromatic rings. The molecule has 0 spiro atoms. The molecule has 0 N–H and O–H groups in total. The zero-order chi connectivity index (χ0) is 12.4. The van der Waals surface area contributed by atoms with Crippen molar-refractivity contribution in [1.29, 1.82) is 0 Å². The number of rotatable bonds is 2. The van der Waals surface area contributed by atoms with Gasteiger partial charge in [0.2, 0.25) is 0 Å². The highest BCUT2D eigenvalue weighted by Gasteiger charge is 1.98. The molecule has 0 aliphatic rings. The van der Waals surface area contributed by atoms with Crippen LogP contribution in [0.3, 0.4) is 0 Å². The fourth-order valence-corrected chi connectivity index (χ4v) is 1.98. The molecule has 0 aliphatic carbocycles. The largest absolute Gasteiger partial charge is 0.235 e. The fourth-order valence-electron chi connectivity index (χ4n) is 1.72. The Bertz CT molecular complexity index is 698. The van der Waals surface area contributed by atoms with E-state index in [2.05, 4.69) is 26.0 Å². The zero-order valence-electron chi connectivity index (χ0n) is 9.49. The Morgan fingerprint density at radius 2 is 1.83 bits per heavy atom. The van der Waals surface area contributed by atoms with Crippen molar-refractivity contribution in [3.8, 4) is 0 Å². The van der Waals surface area contributed by atoms with E-state index in [9.17, 15) is 0 Å². The average Bonchev–Trinajstić information content (AvgIpc) is 2.82. The van der Waals surface area contributed by atoms with Gasteiger partial charge in [0.1, 0.15) is 6.33 Å². The van der Waals surface area contributed by atoms with Crippen LogP contribution in [-0.4, -0.2) is 15.9 Å². The monoisotopic (exact) mass is 299 g/mol. The van der Waals surface area contributed by atoms with Gasteiger partial charge in [0, 0.05) is 4.47 Å². The molecule has 0 fully saturated rings. The number of benzene rings is 2. The summed E-state index contributed by atoms with van der Waals surface area (Å²) in [5, 5.41) is 4.41. The highest BCUT2D eigenvalue weighted by Crippen LogP contribution is 2.12. The zero-order valence-corrected chi connectivity index (χ0v) is 11.1. The highest BCUT2D eigenvalue weighted by atomic mass is 79.9. The first-order valence-electron chi connectivity index (χ1n) is 5.55. The molecule has 2 aromatic carbocycles. The van der Waals surface area contributed by atoms with Gasteiger partial charge in [-0.3, -0.25) is 0 Å². The van der Waals surface area contributed by atoms with Crippen LogP contribution < -0.4 is 0 Å². The van der Waals surface area contributed by atoms with E-state index in [1.165, 1.54) is 0 Å². The van der Waals surface area contributed by atoms with Crippen LogP contribution in [0.1, 0.15) is 5.56 Å². The number of para-hydroxylation sites is 2. The number of hydrogen-bond donors (Lipinski definition) is 0. The van der Waals surface area contributed by atoms with E-state index in [-0.39, 0.29) is 0 Å². The molecule has 0 amide bonds. The van der Waals surface area contributed by atoms with E-state index in [0.29, 0.717) is 0 Å². The van der Waals surface area contributed by atoms with Crippen LogP contribution in [0.25, 0.3) is 11.0 Å². The Kier molecular flexibility index (Phi) is 2.94. The van der Waals surface area contributed by atoms with E-state index in [1.807, 2.05) is 54.7 Å². The van der Waals surface area contributed by atoms with Crippen molar-refractivity contribution in [3.63, 3.8) is 0 Å². The molecular weight excluding hydrogens is 290 g/mol. The molecule has 0 atom stereocenters. The standard InChI is InChI=1S/C14H10BrN3/c15-12-7-5-11(6-8-12)9-17-18-10-16-13-3-1-2-4-14(13)18/h1-10H. The maximum atomic E-state index is 4.41. The molecule has 88 valence electrons. The summed E-state index contributed by atoms with van der Waals surface area (Å²) in [5.41, 5.74) is 3.01. The molecular formula is C14H10BrN3. The van der Waals surface area contributed by atoms with Gasteiger partial charge < -0.3 is 0 Å². The van der Waals surface area contributed by atoms with Crippen molar-refractivity contribution < 1.29 is 0 Å². The predicted octanol–water partition coefficient (Wildman–Crippen LogP) is 3.68. The van der Waals surface area contributed by atoms with Gasteiger partial charge in [0.05, 0.1) is 17.2 Å². The van der Waals surface area contributed by atoms with Crippen molar-refractivity contribution >= 4 is 33.2 Å². The van der Waals surface area contributed by atoms with Crippen molar-refractivity contribution in [2.75, 3.05) is 0 Å². The topological polar surface area (TPSA) is 30.2 Å². The van der Waals surface area contributed by atoms with E-state index < -0.39 is 0 Å². The second kappa shape index (κ2) is 4.74. The van der Waals surface area contributed by atoms with Crippen molar-refractivity contribution in [2.45, 2.75) is 0 Å². The maximum Gasteiger partial charge on any atom is 0.118 e. The summed E-state index contributed by atoms with van der Waals surface area (Å²) in [4.78, 5) is 4.29. The van der Waals surface area contributed by atoms with Crippen LogP contribution in [0.2, 0.25) is 0 Å². The lowest BCUT2D eigenvalue weighted by atomic mass is 10.2. The van der Waals surface area contributed by atoms with Gasteiger partial charge in [-0.25, -0.2) is 9.66 Å². The molecule has 0 saturated carbocycles. The number of halogens is 1. The number of nitrogens with zero attached hydrogens (tertiary/aromatic N) is 3. The van der Waals surface area contributed by atoms with Gasteiger partial charge >= 0.3 is 0 Å². The average molecular weight is 300 g/mol. The number of imidazole rings is 1. The van der Waals surface area contributed by atoms with Crippen molar-refractivity contribution in [1.82, 2.24) is 9.66 Å². The van der Waals surface area contributed by atoms with Gasteiger partial charge in [-0.2, -0.15) is 5.10 Å².